The van der Waals surface area contributed by atoms with E-state index in [1.807, 2.05) is 6.07 Å². The summed E-state index contributed by atoms with van der Waals surface area (Å²) in [6, 6.07) is 9.13. The lowest BCUT2D eigenvalue weighted by atomic mass is 10.0. The highest BCUT2D eigenvalue weighted by atomic mass is 16.3. The Morgan fingerprint density at radius 1 is 1.25 bits per heavy atom. The smallest absolute Gasteiger partial charge is 0.123 e. The molecule has 1 N–H and O–H groups in total. The van der Waals surface area contributed by atoms with Gasteiger partial charge in [-0.05, 0) is 43.6 Å². The number of likely N-dealkylation sites (tertiary alicyclic amines) is 1. The summed E-state index contributed by atoms with van der Waals surface area (Å²) in [5.41, 5.74) is 0.893. The van der Waals surface area contributed by atoms with Gasteiger partial charge in [-0.15, -0.1) is 0 Å². The van der Waals surface area contributed by atoms with E-state index in [-0.39, 0.29) is 11.8 Å². The van der Waals surface area contributed by atoms with Crippen molar-refractivity contribution >= 4 is 0 Å². The summed E-state index contributed by atoms with van der Waals surface area (Å²) >= 11 is 0. The van der Waals surface area contributed by atoms with Crippen molar-refractivity contribution in [1.82, 2.24) is 4.90 Å². The first-order valence-electron chi connectivity index (χ1n) is 5.74. The number of nitriles is 1. The topological polar surface area (TPSA) is 47.3 Å². The van der Waals surface area contributed by atoms with Crippen LogP contribution in [0.15, 0.2) is 24.3 Å². The Balaban J connectivity index is 2.18. The fraction of sp³-hybridized carbons (Fsp3) is 0.462. The van der Waals surface area contributed by atoms with Crippen molar-refractivity contribution in [3.05, 3.63) is 29.8 Å². The molecule has 1 atom stereocenters. The SMILES string of the molecule is N#C[C@H](c1cccc(O)c1)N1CCCCC1. The van der Waals surface area contributed by atoms with E-state index in [0.717, 1.165) is 31.5 Å². The van der Waals surface area contributed by atoms with Crippen molar-refractivity contribution in [2.45, 2.75) is 25.3 Å². The molecule has 16 heavy (non-hydrogen) atoms. The maximum Gasteiger partial charge on any atom is 0.123 e. The minimum Gasteiger partial charge on any atom is -0.508 e. The van der Waals surface area contributed by atoms with Crippen LogP contribution >= 0.6 is 0 Å². The number of phenols is 1. The number of hydrogen-bond donors (Lipinski definition) is 1. The normalized spacial score (nSPS) is 18.9. The van der Waals surface area contributed by atoms with Crippen molar-refractivity contribution in [2.75, 3.05) is 13.1 Å². The molecule has 1 aliphatic rings. The van der Waals surface area contributed by atoms with E-state index >= 15 is 0 Å². The fourth-order valence-electron chi connectivity index (χ4n) is 2.24. The van der Waals surface area contributed by atoms with Crippen LogP contribution in [0.4, 0.5) is 0 Å². The van der Waals surface area contributed by atoms with Gasteiger partial charge >= 0.3 is 0 Å². The first kappa shape index (κ1) is 11.0. The highest BCUT2D eigenvalue weighted by Gasteiger charge is 2.21. The Kier molecular flexibility index (Phi) is 3.43. The number of piperidine rings is 1. The van der Waals surface area contributed by atoms with Gasteiger partial charge in [0.2, 0.25) is 0 Å². The highest BCUT2D eigenvalue weighted by Crippen LogP contribution is 2.25. The molecule has 3 nitrogen and oxygen atoms in total. The molecule has 1 fully saturated rings. The number of rotatable bonds is 2. The Morgan fingerprint density at radius 2 is 2.00 bits per heavy atom. The molecular weight excluding hydrogens is 200 g/mol. The predicted molar refractivity (Wildman–Crippen MR) is 61.9 cm³/mol. The predicted octanol–water partition coefficient (Wildman–Crippen LogP) is 2.44. The second-order valence-electron chi connectivity index (χ2n) is 4.22. The van der Waals surface area contributed by atoms with Crippen LogP contribution in [0.5, 0.6) is 5.75 Å². The maximum absolute atomic E-state index is 9.43. The quantitative estimate of drug-likeness (QED) is 0.826. The Bertz CT molecular complexity index is 391. The largest absolute Gasteiger partial charge is 0.508 e. The molecule has 84 valence electrons. The van der Waals surface area contributed by atoms with E-state index in [4.69, 9.17) is 0 Å². The van der Waals surface area contributed by atoms with Gasteiger partial charge in [0.1, 0.15) is 11.8 Å². The molecular formula is C13H16N2O. The van der Waals surface area contributed by atoms with E-state index in [2.05, 4.69) is 11.0 Å². The zero-order chi connectivity index (χ0) is 11.4. The van der Waals surface area contributed by atoms with Gasteiger partial charge < -0.3 is 5.11 Å². The zero-order valence-electron chi connectivity index (χ0n) is 9.26. The molecule has 0 saturated carbocycles. The molecule has 0 spiro atoms. The van der Waals surface area contributed by atoms with Crippen LogP contribution in [0, 0.1) is 11.3 Å². The Hall–Kier alpha value is -1.53. The van der Waals surface area contributed by atoms with Crippen LogP contribution in [0.2, 0.25) is 0 Å². The van der Waals surface area contributed by atoms with E-state index < -0.39 is 0 Å². The third kappa shape index (κ3) is 2.34. The molecule has 0 radical (unpaired) electrons. The van der Waals surface area contributed by atoms with Crippen molar-refractivity contribution in [2.24, 2.45) is 0 Å². The van der Waals surface area contributed by atoms with E-state index in [9.17, 15) is 10.4 Å². The summed E-state index contributed by atoms with van der Waals surface area (Å²) in [7, 11) is 0. The van der Waals surface area contributed by atoms with E-state index in [0.29, 0.717) is 0 Å². The van der Waals surface area contributed by atoms with Crippen molar-refractivity contribution < 1.29 is 5.11 Å². The lowest BCUT2D eigenvalue weighted by Gasteiger charge is -2.30. The van der Waals surface area contributed by atoms with Gasteiger partial charge in [0.05, 0.1) is 6.07 Å². The fourth-order valence-corrected chi connectivity index (χ4v) is 2.24. The van der Waals surface area contributed by atoms with Crippen LogP contribution < -0.4 is 0 Å². The Labute approximate surface area is 95.9 Å². The van der Waals surface area contributed by atoms with Crippen molar-refractivity contribution in [3.8, 4) is 11.8 Å². The van der Waals surface area contributed by atoms with Gasteiger partial charge in [-0.2, -0.15) is 5.26 Å². The summed E-state index contributed by atoms with van der Waals surface area (Å²) in [6.45, 7) is 1.96. The molecule has 0 bridgehead atoms. The molecule has 1 heterocycles. The van der Waals surface area contributed by atoms with E-state index in [1.165, 1.54) is 6.42 Å². The molecule has 2 rings (SSSR count). The van der Waals surface area contributed by atoms with Crippen LogP contribution in [-0.2, 0) is 0 Å². The monoisotopic (exact) mass is 216 g/mol. The third-order valence-electron chi connectivity index (χ3n) is 3.06. The van der Waals surface area contributed by atoms with Crippen molar-refractivity contribution in [1.29, 1.82) is 5.26 Å². The second kappa shape index (κ2) is 5.00. The van der Waals surface area contributed by atoms with Crippen LogP contribution in [0.3, 0.4) is 0 Å². The van der Waals surface area contributed by atoms with Gasteiger partial charge in [0.15, 0.2) is 0 Å². The highest BCUT2D eigenvalue weighted by molar-refractivity contribution is 5.32. The summed E-state index contributed by atoms with van der Waals surface area (Å²) in [4.78, 5) is 2.19. The summed E-state index contributed by atoms with van der Waals surface area (Å²) in [5.74, 6) is 0.231. The number of phenolic OH excluding ortho intramolecular Hbond substituents is 1. The average Bonchev–Trinajstić information content (AvgIpc) is 2.31. The lowest BCUT2D eigenvalue weighted by molar-refractivity contribution is 0.196. The summed E-state index contributed by atoms with van der Waals surface area (Å²) < 4.78 is 0. The first-order valence-corrected chi connectivity index (χ1v) is 5.74. The number of aromatic hydroxyl groups is 1. The Morgan fingerprint density at radius 3 is 2.62 bits per heavy atom. The number of nitrogens with zero attached hydrogens (tertiary/aromatic N) is 2. The van der Waals surface area contributed by atoms with Crippen LogP contribution in [0.25, 0.3) is 0 Å². The first-order chi connectivity index (χ1) is 7.81. The standard InChI is InChI=1S/C13H16N2O/c14-10-13(15-7-2-1-3-8-15)11-5-4-6-12(16)9-11/h4-6,9,13,16H,1-3,7-8H2/t13-/m1/s1. The minimum absolute atomic E-state index is 0.215. The summed E-state index contributed by atoms with van der Waals surface area (Å²) in [6.07, 6.45) is 3.59. The zero-order valence-corrected chi connectivity index (χ0v) is 9.26. The van der Waals surface area contributed by atoms with Crippen LogP contribution in [-0.4, -0.2) is 23.1 Å². The molecule has 0 amide bonds. The van der Waals surface area contributed by atoms with Gasteiger partial charge in [-0.3, -0.25) is 4.90 Å². The molecule has 0 unspecified atom stereocenters. The molecule has 1 saturated heterocycles. The second-order valence-corrected chi connectivity index (χ2v) is 4.22. The van der Waals surface area contributed by atoms with Crippen molar-refractivity contribution in [3.63, 3.8) is 0 Å². The van der Waals surface area contributed by atoms with Gasteiger partial charge in [0.25, 0.3) is 0 Å². The molecule has 0 aliphatic carbocycles. The molecule has 1 aromatic rings. The third-order valence-corrected chi connectivity index (χ3v) is 3.06. The maximum atomic E-state index is 9.43. The van der Waals surface area contributed by atoms with Gasteiger partial charge in [-0.25, -0.2) is 0 Å². The molecule has 1 aliphatic heterocycles. The number of hydrogen-bond acceptors (Lipinski definition) is 3. The summed E-state index contributed by atoms with van der Waals surface area (Å²) in [5, 5.41) is 18.7. The number of benzene rings is 1. The lowest BCUT2D eigenvalue weighted by Crippen LogP contribution is -2.33. The van der Waals surface area contributed by atoms with Gasteiger partial charge in [-0.1, -0.05) is 18.6 Å². The minimum atomic E-state index is -0.215. The van der Waals surface area contributed by atoms with Crippen LogP contribution in [0.1, 0.15) is 30.9 Å². The van der Waals surface area contributed by atoms with Gasteiger partial charge in [0, 0.05) is 0 Å². The molecule has 0 aromatic heterocycles. The molecule has 1 aromatic carbocycles. The average molecular weight is 216 g/mol. The van der Waals surface area contributed by atoms with E-state index in [1.54, 1.807) is 18.2 Å². The molecule has 3 heteroatoms.